The molecule has 0 spiro atoms. The summed E-state index contributed by atoms with van der Waals surface area (Å²) in [4.78, 5) is 1.12. The summed E-state index contributed by atoms with van der Waals surface area (Å²) < 4.78 is 27.7. The van der Waals surface area contributed by atoms with E-state index in [9.17, 15) is 8.78 Å². The van der Waals surface area contributed by atoms with Crippen LogP contribution in [0.25, 0.3) is 0 Å². The Labute approximate surface area is 128 Å². The van der Waals surface area contributed by atoms with Gasteiger partial charge in [-0.15, -0.1) is 11.8 Å². The van der Waals surface area contributed by atoms with Gasteiger partial charge in [-0.1, -0.05) is 29.8 Å². The summed E-state index contributed by atoms with van der Waals surface area (Å²) in [5, 5.41) is 3.06. The Morgan fingerprint density at radius 2 is 1.67 bits per heavy atom. The fraction of sp³-hybridized carbons (Fsp3) is 0.294. The zero-order valence-corrected chi connectivity index (χ0v) is 13.2. The second-order valence-corrected chi connectivity index (χ2v) is 6.16. The molecule has 2 rings (SSSR count). The first-order valence-electron chi connectivity index (χ1n) is 6.84. The lowest BCUT2D eigenvalue weighted by Crippen LogP contribution is -2.20. The molecule has 0 aliphatic carbocycles. The van der Waals surface area contributed by atoms with Crippen molar-refractivity contribution < 1.29 is 8.78 Å². The maximum Gasteiger partial charge on any atom is 0.163 e. The maximum atomic E-state index is 14.1. The van der Waals surface area contributed by atoms with Crippen molar-refractivity contribution in [3.05, 3.63) is 64.7 Å². The van der Waals surface area contributed by atoms with Crippen molar-refractivity contribution in [2.24, 2.45) is 0 Å². The molecule has 0 aliphatic heterocycles. The first-order chi connectivity index (χ1) is 10.0. The SMILES string of the molecule is CNC(CSc1ccc(C)cc1)c1ccc(C)c(F)c1F. The molecule has 1 N–H and O–H groups in total. The smallest absolute Gasteiger partial charge is 0.163 e. The highest BCUT2D eigenvalue weighted by atomic mass is 32.2. The first-order valence-corrected chi connectivity index (χ1v) is 7.82. The quantitative estimate of drug-likeness (QED) is 0.808. The van der Waals surface area contributed by atoms with Gasteiger partial charge in [0.2, 0.25) is 0 Å². The molecule has 0 aromatic heterocycles. The highest BCUT2D eigenvalue weighted by Crippen LogP contribution is 2.28. The topological polar surface area (TPSA) is 12.0 Å². The number of thioether (sulfide) groups is 1. The average molecular weight is 307 g/mol. The maximum absolute atomic E-state index is 14.1. The number of nitrogens with one attached hydrogen (secondary N) is 1. The molecule has 4 heteroatoms. The van der Waals surface area contributed by atoms with Crippen LogP contribution >= 0.6 is 11.8 Å². The van der Waals surface area contributed by atoms with Gasteiger partial charge in [-0.05, 0) is 38.6 Å². The zero-order chi connectivity index (χ0) is 15.4. The van der Waals surface area contributed by atoms with Gasteiger partial charge in [0.1, 0.15) is 0 Å². The van der Waals surface area contributed by atoms with Gasteiger partial charge in [0.05, 0.1) is 0 Å². The Morgan fingerprint density at radius 3 is 2.29 bits per heavy atom. The van der Waals surface area contributed by atoms with E-state index >= 15 is 0 Å². The van der Waals surface area contributed by atoms with Crippen LogP contribution in [0.4, 0.5) is 8.78 Å². The lowest BCUT2D eigenvalue weighted by Gasteiger charge is -2.18. The molecule has 2 aromatic carbocycles. The first kappa shape index (κ1) is 16.0. The van der Waals surface area contributed by atoms with Crippen LogP contribution < -0.4 is 5.32 Å². The van der Waals surface area contributed by atoms with Gasteiger partial charge >= 0.3 is 0 Å². The number of hydrogen-bond acceptors (Lipinski definition) is 2. The summed E-state index contributed by atoms with van der Waals surface area (Å²) in [6, 6.07) is 11.2. The molecule has 2 aromatic rings. The van der Waals surface area contributed by atoms with Crippen LogP contribution in [0.1, 0.15) is 22.7 Å². The van der Waals surface area contributed by atoms with Gasteiger partial charge in [0, 0.05) is 22.3 Å². The van der Waals surface area contributed by atoms with E-state index in [1.807, 2.05) is 31.2 Å². The van der Waals surface area contributed by atoms with Crippen molar-refractivity contribution >= 4 is 11.8 Å². The molecule has 1 atom stereocenters. The molecular formula is C17H19F2NS. The Morgan fingerprint density at radius 1 is 1.00 bits per heavy atom. The Balaban J connectivity index is 2.13. The standard InChI is InChI=1S/C17H19F2NS/c1-11-4-7-13(8-5-11)21-10-15(20-3)14-9-6-12(2)16(18)17(14)19/h4-9,15,20H,10H2,1-3H3. The molecule has 0 heterocycles. The molecule has 0 saturated heterocycles. The van der Waals surface area contributed by atoms with E-state index in [2.05, 4.69) is 5.32 Å². The lowest BCUT2D eigenvalue weighted by atomic mass is 10.1. The molecule has 0 aliphatic rings. The van der Waals surface area contributed by atoms with E-state index in [1.54, 1.807) is 37.9 Å². The van der Waals surface area contributed by atoms with Crippen molar-refractivity contribution in [1.29, 1.82) is 0 Å². The van der Waals surface area contributed by atoms with E-state index < -0.39 is 11.6 Å². The van der Waals surface area contributed by atoms with Gasteiger partial charge in [-0.3, -0.25) is 0 Å². The third kappa shape index (κ3) is 3.83. The Kier molecular flexibility index (Phi) is 5.37. The monoisotopic (exact) mass is 307 g/mol. The predicted octanol–water partition coefficient (Wildman–Crippen LogP) is 4.63. The highest BCUT2D eigenvalue weighted by Gasteiger charge is 2.18. The van der Waals surface area contributed by atoms with Crippen LogP contribution in [0.2, 0.25) is 0 Å². The fourth-order valence-electron chi connectivity index (χ4n) is 2.07. The number of halogens is 2. The fourth-order valence-corrected chi connectivity index (χ4v) is 3.11. The minimum atomic E-state index is -0.756. The van der Waals surface area contributed by atoms with Crippen LogP contribution in [0.3, 0.4) is 0 Å². The van der Waals surface area contributed by atoms with Crippen LogP contribution in [0.15, 0.2) is 41.3 Å². The number of benzene rings is 2. The van der Waals surface area contributed by atoms with Crippen molar-refractivity contribution in [2.75, 3.05) is 12.8 Å². The second kappa shape index (κ2) is 7.05. The van der Waals surface area contributed by atoms with Gasteiger partial charge in [0.15, 0.2) is 11.6 Å². The number of rotatable bonds is 5. The van der Waals surface area contributed by atoms with E-state index in [4.69, 9.17) is 0 Å². The van der Waals surface area contributed by atoms with Crippen LogP contribution in [0.5, 0.6) is 0 Å². The number of aryl methyl sites for hydroxylation is 2. The molecule has 0 fully saturated rings. The highest BCUT2D eigenvalue weighted by molar-refractivity contribution is 7.99. The summed E-state index contributed by atoms with van der Waals surface area (Å²) in [5.74, 6) is -0.870. The minimum Gasteiger partial charge on any atom is -0.312 e. The van der Waals surface area contributed by atoms with Crippen molar-refractivity contribution in [3.63, 3.8) is 0 Å². The van der Waals surface area contributed by atoms with Gasteiger partial charge in [-0.25, -0.2) is 8.78 Å². The normalized spacial score (nSPS) is 12.4. The van der Waals surface area contributed by atoms with E-state index in [0.717, 1.165) is 4.90 Å². The van der Waals surface area contributed by atoms with E-state index in [-0.39, 0.29) is 6.04 Å². The van der Waals surface area contributed by atoms with Crippen molar-refractivity contribution in [2.45, 2.75) is 24.8 Å². The third-order valence-electron chi connectivity index (χ3n) is 3.47. The molecule has 0 amide bonds. The second-order valence-electron chi connectivity index (χ2n) is 5.06. The largest absolute Gasteiger partial charge is 0.312 e. The van der Waals surface area contributed by atoms with Crippen molar-refractivity contribution in [1.82, 2.24) is 5.32 Å². The summed E-state index contributed by atoms with van der Waals surface area (Å²) in [5.41, 5.74) is 1.91. The summed E-state index contributed by atoms with van der Waals surface area (Å²) in [6.07, 6.45) is 0. The van der Waals surface area contributed by atoms with Crippen LogP contribution in [0, 0.1) is 25.5 Å². The molecule has 1 nitrogen and oxygen atoms in total. The summed E-state index contributed by atoms with van der Waals surface area (Å²) in [6.45, 7) is 3.60. The molecule has 112 valence electrons. The van der Waals surface area contributed by atoms with E-state index in [0.29, 0.717) is 16.9 Å². The molecule has 0 bridgehead atoms. The van der Waals surface area contributed by atoms with Crippen LogP contribution in [-0.2, 0) is 0 Å². The third-order valence-corrected chi connectivity index (χ3v) is 4.57. The summed E-state index contributed by atoms with van der Waals surface area (Å²) >= 11 is 1.62. The molecule has 1 unspecified atom stereocenters. The zero-order valence-electron chi connectivity index (χ0n) is 12.4. The van der Waals surface area contributed by atoms with Crippen molar-refractivity contribution in [3.8, 4) is 0 Å². The van der Waals surface area contributed by atoms with Gasteiger partial charge in [0.25, 0.3) is 0 Å². The number of hydrogen-bond donors (Lipinski definition) is 1. The minimum absolute atomic E-state index is 0.230. The van der Waals surface area contributed by atoms with Gasteiger partial charge < -0.3 is 5.32 Å². The Bertz CT molecular complexity index is 611. The van der Waals surface area contributed by atoms with Crippen LogP contribution in [-0.4, -0.2) is 12.8 Å². The molecule has 0 saturated carbocycles. The Hall–Kier alpha value is -1.39. The van der Waals surface area contributed by atoms with Gasteiger partial charge in [-0.2, -0.15) is 0 Å². The molecular weight excluding hydrogens is 288 g/mol. The molecule has 0 radical (unpaired) electrons. The summed E-state index contributed by atoms with van der Waals surface area (Å²) in [7, 11) is 1.76. The molecule has 21 heavy (non-hydrogen) atoms. The lowest BCUT2D eigenvalue weighted by molar-refractivity contribution is 0.479. The average Bonchev–Trinajstić information content (AvgIpc) is 2.49. The predicted molar refractivity (Wildman–Crippen MR) is 84.8 cm³/mol. The van der Waals surface area contributed by atoms with E-state index in [1.165, 1.54) is 5.56 Å².